The van der Waals surface area contributed by atoms with Crippen molar-refractivity contribution in [3.63, 3.8) is 0 Å². The fraction of sp³-hybridized carbons (Fsp3) is 0.333. The Morgan fingerprint density at radius 1 is 1.00 bits per heavy atom. The van der Waals surface area contributed by atoms with Crippen LogP contribution in [0.5, 0.6) is 23.0 Å². The Kier molecular flexibility index (Phi) is 3.50. The highest BCUT2D eigenvalue weighted by Crippen LogP contribution is 2.40. The maximum atomic E-state index is 5.50. The van der Waals surface area contributed by atoms with E-state index in [-0.39, 0.29) is 6.04 Å². The van der Waals surface area contributed by atoms with Gasteiger partial charge in [0.2, 0.25) is 6.79 Å². The van der Waals surface area contributed by atoms with Gasteiger partial charge in [-0.1, -0.05) is 6.07 Å². The second-order valence-corrected chi connectivity index (χ2v) is 5.66. The highest BCUT2D eigenvalue weighted by Gasteiger charge is 2.25. The van der Waals surface area contributed by atoms with E-state index in [1.54, 1.807) is 14.2 Å². The molecule has 0 spiro atoms. The van der Waals surface area contributed by atoms with Crippen LogP contribution in [0.25, 0.3) is 0 Å². The molecule has 0 unspecified atom stereocenters. The average Bonchev–Trinajstić information content (AvgIpc) is 3.07. The first-order valence-corrected chi connectivity index (χ1v) is 7.68. The lowest BCUT2D eigenvalue weighted by Gasteiger charge is -2.28. The molecule has 4 rings (SSSR count). The van der Waals surface area contributed by atoms with Crippen molar-refractivity contribution in [2.75, 3.05) is 27.6 Å². The Labute approximate surface area is 135 Å². The van der Waals surface area contributed by atoms with Crippen LogP contribution in [0.1, 0.15) is 22.7 Å². The molecule has 2 aliphatic heterocycles. The maximum Gasteiger partial charge on any atom is 0.231 e. The van der Waals surface area contributed by atoms with Gasteiger partial charge in [-0.25, -0.2) is 0 Å². The van der Waals surface area contributed by atoms with E-state index < -0.39 is 0 Å². The van der Waals surface area contributed by atoms with Gasteiger partial charge in [0.1, 0.15) is 0 Å². The minimum Gasteiger partial charge on any atom is -0.493 e. The van der Waals surface area contributed by atoms with Crippen LogP contribution in [0.15, 0.2) is 30.3 Å². The van der Waals surface area contributed by atoms with Gasteiger partial charge in [-0.05, 0) is 47.4 Å². The Bertz CT molecular complexity index is 744. The highest BCUT2D eigenvalue weighted by molar-refractivity contribution is 5.53. The molecular formula is C18H19NO4. The number of hydrogen-bond donors (Lipinski definition) is 1. The van der Waals surface area contributed by atoms with E-state index in [0.29, 0.717) is 6.79 Å². The fourth-order valence-electron chi connectivity index (χ4n) is 3.27. The third-order valence-corrected chi connectivity index (χ3v) is 4.43. The van der Waals surface area contributed by atoms with Gasteiger partial charge >= 0.3 is 0 Å². The van der Waals surface area contributed by atoms with Crippen LogP contribution in [0, 0.1) is 0 Å². The fourth-order valence-corrected chi connectivity index (χ4v) is 3.27. The van der Waals surface area contributed by atoms with Crippen molar-refractivity contribution in [1.82, 2.24) is 5.32 Å². The number of rotatable bonds is 3. The molecule has 0 bridgehead atoms. The summed E-state index contributed by atoms with van der Waals surface area (Å²) in [6.07, 6.45) is 0.969. The molecule has 1 atom stereocenters. The summed E-state index contributed by atoms with van der Waals surface area (Å²) in [5, 5.41) is 3.58. The van der Waals surface area contributed by atoms with Crippen molar-refractivity contribution in [3.05, 3.63) is 47.0 Å². The Morgan fingerprint density at radius 3 is 2.61 bits per heavy atom. The van der Waals surface area contributed by atoms with Gasteiger partial charge < -0.3 is 24.3 Å². The molecule has 2 heterocycles. The number of methoxy groups -OCH3 is 2. The van der Waals surface area contributed by atoms with E-state index in [9.17, 15) is 0 Å². The summed E-state index contributed by atoms with van der Waals surface area (Å²) in [5.41, 5.74) is 3.65. The van der Waals surface area contributed by atoms with Gasteiger partial charge in [0.15, 0.2) is 23.0 Å². The first-order valence-electron chi connectivity index (χ1n) is 7.68. The maximum absolute atomic E-state index is 5.50. The largest absolute Gasteiger partial charge is 0.493 e. The second-order valence-electron chi connectivity index (χ2n) is 5.66. The van der Waals surface area contributed by atoms with E-state index in [1.807, 2.05) is 12.1 Å². The van der Waals surface area contributed by atoms with Crippen LogP contribution in [-0.2, 0) is 6.42 Å². The molecule has 1 N–H and O–H groups in total. The average molecular weight is 313 g/mol. The molecule has 23 heavy (non-hydrogen) atoms. The number of hydrogen-bond acceptors (Lipinski definition) is 5. The van der Waals surface area contributed by atoms with Crippen LogP contribution < -0.4 is 24.3 Å². The summed E-state index contributed by atoms with van der Waals surface area (Å²) in [7, 11) is 3.33. The van der Waals surface area contributed by atoms with Crippen molar-refractivity contribution < 1.29 is 18.9 Å². The zero-order chi connectivity index (χ0) is 15.8. The van der Waals surface area contributed by atoms with Gasteiger partial charge in [-0.15, -0.1) is 0 Å². The van der Waals surface area contributed by atoms with E-state index in [2.05, 4.69) is 23.5 Å². The minimum atomic E-state index is 0.105. The summed E-state index contributed by atoms with van der Waals surface area (Å²) >= 11 is 0. The first-order chi connectivity index (χ1) is 11.3. The van der Waals surface area contributed by atoms with Gasteiger partial charge in [-0.3, -0.25) is 0 Å². The summed E-state index contributed by atoms with van der Waals surface area (Å²) in [6, 6.07) is 10.3. The molecule has 5 heteroatoms. The van der Waals surface area contributed by atoms with Crippen molar-refractivity contribution in [1.29, 1.82) is 0 Å². The van der Waals surface area contributed by atoms with Gasteiger partial charge in [0, 0.05) is 6.54 Å². The monoisotopic (exact) mass is 313 g/mol. The van der Waals surface area contributed by atoms with Gasteiger partial charge in [0.05, 0.1) is 20.3 Å². The SMILES string of the molecule is COc1cc2c(cc1OC)[C@H](c1ccc3c(c1)OCO3)NCC2. The zero-order valence-corrected chi connectivity index (χ0v) is 13.2. The zero-order valence-electron chi connectivity index (χ0n) is 13.2. The topological polar surface area (TPSA) is 49.0 Å². The van der Waals surface area contributed by atoms with Crippen molar-refractivity contribution in [2.45, 2.75) is 12.5 Å². The molecule has 0 saturated carbocycles. The van der Waals surface area contributed by atoms with E-state index in [1.165, 1.54) is 11.1 Å². The van der Waals surface area contributed by atoms with Crippen LogP contribution in [0.3, 0.4) is 0 Å². The smallest absolute Gasteiger partial charge is 0.231 e. The Hall–Kier alpha value is -2.40. The quantitative estimate of drug-likeness (QED) is 0.944. The summed E-state index contributed by atoms with van der Waals surface area (Å²) in [4.78, 5) is 0. The summed E-state index contributed by atoms with van der Waals surface area (Å²) in [6.45, 7) is 1.21. The van der Waals surface area contributed by atoms with Crippen molar-refractivity contribution >= 4 is 0 Å². The van der Waals surface area contributed by atoms with Crippen LogP contribution in [0.2, 0.25) is 0 Å². The highest BCUT2D eigenvalue weighted by atomic mass is 16.7. The number of nitrogens with one attached hydrogen (secondary N) is 1. The molecule has 0 saturated heterocycles. The molecule has 0 aliphatic carbocycles. The standard InChI is InChI=1S/C18H19NO4/c1-20-15-7-11-5-6-19-18(13(11)9-16(15)21-2)12-3-4-14-17(8-12)23-10-22-14/h3-4,7-9,18-19H,5-6,10H2,1-2H3/t18-/m0/s1. The molecule has 0 aromatic heterocycles. The lowest BCUT2D eigenvalue weighted by molar-refractivity contribution is 0.174. The number of ether oxygens (including phenoxy) is 4. The van der Waals surface area contributed by atoms with Crippen LogP contribution >= 0.6 is 0 Å². The van der Waals surface area contributed by atoms with E-state index in [0.717, 1.165) is 41.5 Å². The predicted molar refractivity (Wildman–Crippen MR) is 85.7 cm³/mol. The number of benzene rings is 2. The molecule has 2 aromatic carbocycles. The van der Waals surface area contributed by atoms with Crippen LogP contribution in [-0.4, -0.2) is 27.6 Å². The van der Waals surface area contributed by atoms with Crippen molar-refractivity contribution in [3.8, 4) is 23.0 Å². The molecule has 0 amide bonds. The summed E-state index contributed by atoms with van der Waals surface area (Å²) < 4.78 is 21.8. The molecular weight excluding hydrogens is 294 g/mol. The Balaban J connectivity index is 1.78. The predicted octanol–water partition coefficient (Wildman–Crippen LogP) is 2.67. The molecule has 0 fully saturated rings. The lowest BCUT2D eigenvalue weighted by atomic mass is 9.89. The molecule has 0 radical (unpaired) electrons. The molecule has 5 nitrogen and oxygen atoms in total. The first kappa shape index (κ1) is 14.2. The normalized spacial score (nSPS) is 18.4. The minimum absolute atomic E-state index is 0.105. The van der Waals surface area contributed by atoms with E-state index >= 15 is 0 Å². The third kappa shape index (κ3) is 2.37. The molecule has 2 aliphatic rings. The van der Waals surface area contributed by atoms with Crippen LogP contribution in [0.4, 0.5) is 0 Å². The molecule has 2 aromatic rings. The van der Waals surface area contributed by atoms with E-state index in [4.69, 9.17) is 18.9 Å². The number of fused-ring (bicyclic) bond motifs is 2. The summed E-state index contributed by atoms with van der Waals surface area (Å²) in [5.74, 6) is 3.13. The van der Waals surface area contributed by atoms with Gasteiger partial charge in [-0.2, -0.15) is 0 Å². The third-order valence-electron chi connectivity index (χ3n) is 4.43. The van der Waals surface area contributed by atoms with Gasteiger partial charge in [0.25, 0.3) is 0 Å². The molecule has 120 valence electrons. The lowest BCUT2D eigenvalue weighted by Crippen LogP contribution is -2.30. The Morgan fingerprint density at radius 2 is 1.78 bits per heavy atom. The van der Waals surface area contributed by atoms with Crippen molar-refractivity contribution in [2.24, 2.45) is 0 Å². The second kappa shape index (κ2) is 5.66.